The smallest absolute Gasteiger partial charge is 0.108 e. The van der Waals surface area contributed by atoms with E-state index in [9.17, 15) is 0 Å². The van der Waals surface area contributed by atoms with Crippen LogP contribution in [0.1, 0.15) is 6.92 Å². The number of thioether (sulfide) groups is 2. The lowest BCUT2D eigenvalue weighted by molar-refractivity contribution is 1.09. The number of aliphatic imine (C=N–C) groups is 1. The van der Waals surface area contributed by atoms with Gasteiger partial charge in [-0.3, -0.25) is 4.99 Å². The van der Waals surface area contributed by atoms with E-state index < -0.39 is 0 Å². The maximum Gasteiger partial charge on any atom is 0.108 e. The molecular weight excluding hydrogens is 176 g/mol. The minimum atomic E-state index is 0.480. The van der Waals surface area contributed by atoms with Crippen LogP contribution in [0.15, 0.2) is 4.99 Å². The molecule has 2 N–H and O–H groups in total. The van der Waals surface area contributed by atoms with Crippen LogP contribution in [0.4, 0.5) is 0 Å². The molecule has 0 amide bonds. The highest BCUT2D eigenvalue weighted by molar-refractivity contribution is 8.07. The van der Waals surface area contributed by atoms with Gasteiger partial charge >= 0.3 is 0 Å². The Hall–Kier alpha value is 0.170. The molecule has 4 heteroatoms. The largest absolute Gasteiger partial charge is 0.387 e. The van der Waals surface area contributed by atoms with Crippen LogP contribution < -0.4 is 5.73 Å². The monoisotopic (exact) mass is 190 g/mol. The first-order chi connectivity index (χ1) is 5.34. The molecule has 1 saturated heterocycles. The molecule has 64 valence electrons. The Morgan fingerprint density at radius 3 is 3.00 bits per heavy atom. The highest BCUT2D eigenvalue weighted by atomic mass is 32.2. The molecule has 1 aliphatic heterocycles. The maximum atomic E-state index is 5.77. The summed E-state index contributed by atoms with van der Waals surface area (Å²) in [6.45, 7) is 2.83. The third kappa shape index (κ3) is 2.95. The molecule has 1 heterocycles. The maximum absolute atomic E-state index is 5.77. The number of amidine groups is 1. The fraction of sp³-hybridized carbons (Fsp3) is 0.857. The Bertz CT molecular complexity index is 141. The zero-order valence-corrected chi connectivity index (χ0v) is 8.38. The number of rotatable bonds is 2. The van der Waals surface area contributed by atoms with Crippen molar-refractivity contribution in [1.29, 1.82) is 0 Å². The SMILES string of the molecule is CCN=C(N)C1CSCCS1. The van der Waals surface area contributed by atoms with E-state index in [1.165, 1.54) is 11.5 Å². The van der Waals surface area contributed by atoms with Gasteiger partial charge in [0.15, 0.2) is 0 Å². The predicted molar refractivity (Wildman–Crippen MR) is 55.7 cm³/mol. The molecule has 0 radical (unpaired) electrons. The predicted octanol–water partition coefficient (Wildman–Crippen LogP) is 1.21. The molecule has 1 atom stereocenters. The van der Waals surface area contributed by atoms with Gasteiger partial charge in [-0.15, -0.1) is 11.8 Å². The van der Waals surface area contributed by atoms with Gasteiger partial charge in [-0.25, -0.2) is 0 Å². The Morgan fingerprint density at radius 1 is 1.64 bits per heavy atom. The van der Waals surface area contributed by atoms with Crippen molar-refractivity contribution in [3.63, 3.8) is 0 Å². The van der Waals surface area contributed by atoms with E-state index in [2.05, 4.69) is 4.99 Å². The van der Waals surface area contributed by atoms with Gasteiger partial charge < -0.3 is 5.73 Å². The zero-order chi connectivity index (χ0) is 8.10. The van der Waals surface area contributed by atoms with Crippen molar-refractivity contribution in [2.45, 2.75) is 12.2 Å². The molecule has 0 aliphatic carbocycles. The van der Waals surface area contributed by atoms with Crippen LogP contribution in [-0.4, -0.2) is 34.9 Å². The quantitative estimate of drug-likeness (QED) is 0.525. The van der Waals surface area contributed by atoms with E-state index in [4.69, 9.17) is 5.73 Å². The van der Waals surface area contributed by atoms with Crippen LogP contribution in [0.5, 0.6) is 0 Å². The number of nitrogens with two attached hydrogens (primary N) is 1. The normalized spacial score (nSPS) is 27.0. The molecule has 0 spiro atoms. The minimum Gasteiger partial charge on any atom is -0.387 e. The van der Waals surface area contributed by atoms with Crippen LogP contribution in [0.3, 0.4) is 0 Å². The molecule has 0 aromatic heterocycles. The standard InChI is InChI=1S/C7H14N2S2/c1-2-9-7(8)6-5-10-3-4-11-6/h6H,2-5H2,1H3,(H2,8,9). The lowest BCUT2D eigenvalue weighted by Crippen LogP contribution is -2.31. The van der Waals surface area contributed by atoms with Gasteiger partial charge in [0.25, 0.3) is 0 Å². The molecule has 1 unspecified atom stereocenters. The third-order valence-corrected chi connectivity index (χ3v) is 4.27. The summed E-state index contributed by atoms with van der Waals surface area (Å²) in [5.41, 5.74) is 5.77. The van der Waals surface area contributed by atoms with Crippen molar-refractivity contribution in [1.82, 2.24) is 0 Å². The van der Waals surface area contributed by atoms with E-state index in [0.29, 0.717) is 5.25 Å². The molecule has 1 aliphatic rings. The summed E-state index contributed by atoms with van der Waals surface area (Å²) < 4.78 is 0. The second kappa shape index (κ2) is 4.93. The van der Waals surface area contributed by atoms with Gasteiger partial charge in [0, 0.05) is 23.8 Å². The van der Waals surface area contributed by atoms with E-state index in [1.54, 1.807) is 0 Å². The van der Waals surface area contributed by atoms with Gasteiger partial charge in [0.05, 0.1) is 5.25 Å². The second-order valence-corrected chi connectivity index (χ2v) is 4.79. The van der Waals surface area contributed by atoms with Crippen molar-refractivity contribution in [3.8, 4) is 0 Å². The average Bonchev–Trinajstić information content (AvgIpc) is 2.07. The fourth-order valence-corrected chi connectivity index (χ4v) is 3.55. The molecule has 0 bridgehead atoms. The number of nitrogens with zero attached hydrogens (tertiary/aromatic N) is 1. The van der Waals surface area contributed by atoms with Crippen molar-refractivity contribution in [2.75, 3.05) is 23.8 Å². The van der Waals surface area contributed by atoms with Gasteiger partial charge in [-0.2, -0.15) is 11.8 Å². The number of hydrogen-bond acceptors (Lipinski definition) is 3. The Labute approximate surface area is 76.4 Å². The van der Waals surface area contributed by atoms with Crippen molar-refractivity contribution in [3.05, 3.63) is 0 Å². The average molecular weight is 190 g/mol. The lowest BCUT2D eigenvalue weighted by atomic mass is 10.4. The van der Waals surface area contributed by atoms with Gasteiger partial charge in [-0.1, -0.05) is 0 Å². The fourth-order valence-electron chi connectivity index (χ4n) is 0.943. The van der Waals surface area contributed by atoms with Crippen molar-refractivity contribution in [2.24, 2.45) is 10.7 Å². The molecule has 0 aromatic carbocycles. The van der Waals surface area contributed by atoms with Crippen LogP contribution in [0.2, 0.25) is 0 Å². The van der Waals surface area contributed by atoms with Gasteiger partial charge in [0.1, 0.15) is 5.84 Å². The zero-order valence-electron chi connectivity index (χ0n) is 6.75. The van der Waals surface area contributed by atoms with Crippen LogP contribution in [0, 0.1) is 0 Å². The van der Waals surface area contributed by atoms with Crippen LogP contribution >= 0.6 is 23.5 Å². The van der Waals surface area contributed by atoms with Crippen molar-refractivity contribution < 1.29 is 0 Å². The summed E-state index contributed by atoms with van der Waals surface area (Å²) in [5.74, 6) is 4.46. The Kier molecular flexibility index (Phi) is 4.15. The summed E-state index contributed by atoms with van der Waals surface area (Å²) in [6, 6.07) is 0. The third-order valence-electron chi connectivity index (χ3n) is 1.49. The summed E-state index contributed by atoms with van der Waals surface area (Å²) in [5, 5.41) is 0.480. The first-order valence-corrected chi connectivity index (χ1v) is 6.04. The summed E-state index contributed by atoms with van der Waals surface area (Å²) in [6.07, 6.45) is 0. The summed E-state index contributed by atoms with van der Waals surface area (Å²) in [4.78, 5) is 4.21. The first-order valence-electron chi connectivity index (χ1n) is 3.83. The molecule has 1 fully saturated rings. The lowest BCUT2D eigenvalue weighted by Gasteiger charge is -2.19. The molecule has 2 nitrogen and oxygen atoms in total. The molecular formula is C7H14N2S2. The van der Waals surface area contributed by atoms with Crippen molar-refractivity contribution >= 4 is 29.4 Å². The minimum absolute atomic E-state index is 0.480. The summed E-state index contributed by atoms with van der Waals surface area (Å²) >= 11 is 3.91. The van der Waals surface area contributed by atoms with E-state index in [0.717, 1.165) is 18.1 Å². The summed E-state index contributed by atoms with van der Waals surface area (Å²) in [7, 11) is 0. The Balaban J connectivity index is 2.38. The second-order valence-electron chi connectivity index (χ2n) is 2.33. The topological polar surface area (TPSA) is 38.4 Å². The Morgan fingerprint density at radius 2 is 2.45 bits per heavy atom. The molecule has 11 heavy (non-hydrogen) atoms. The number of hydrogen-bond donors (Lipinski definition) is 1. The van der Waals surface area contributed by atoms with E-state index in [-0.39, 0.29) is 0 Å². The molecule has 1 rings (SSSR count). The molecule has 0 saturated carbocycles. The van der Waals surface area contributed by atoms with E-state index >= 15 is 0 Å². The van der Waals surface area contributed by atoms with Crippen LogP contribution in [0.25, 0.3) is 0 Å². The molecule has 0 aromatic rings. The van der Waals surface area contributed by atoms with Gasteiger partial charge in [0.2, 0.25) is 0 Å². The first kappa shape index (κ1) is 9.26. The highest BCUT2D eigenvalue weighted by Crippen LogP contribution is 2.23. The van der Waals surface area contributed by atoms with Gasteiger partial charge in [-0.05, 0) is 6.92 Å². The van der Waals surface area contributed by atoms with Crippen LogP contribution in [-0.2, 0) is 0 Å². The highest BCUT2D eigenvalue weighted by Gasteiger charge is 2.17. The van der Waals surface area contributed by atoms with E-state index in [1.807, 2.05) is 30.4 Å².